The molecule has 0 heterocycles. The molecule has 3 aliphatic rings. The van der Waals surface area contributed by atoms with E-state index in [-0.39, 0.29) is 23.4 Å². The molecule has 0 spiro atoms. The second-order valence-corrected chi connectivity index (χ2v) is 10.3. The molecule has 0 bridgehead atoms. The predicted octanol–water partition coefficient (Wildman–Crippen LogP) is 1.60. The molecule has 3 aliphatic carbocycles. The number of fused-ring (bicyclic) bond motifs is 2. The van der Waals surface area contributed by atoms with Gasteiger partial charge < -0.3 is 24.8 Å². The SMILES string of the molecule is C=C1[C@@H](O)CC[C@@]2(C)[C@H](OC(C)=O)[C@H](O)C3=C(C)C(=O)C[C@@]3(C(C)(C)O)[C@@H](OC(C)=O)[C@H]12. The van der Waals surface area contributed by atoms with E-state index in [1.165, 1.54) is 27.7 Å². The quantitative estimate of drug-likeness (QED) is 0.437. The van der Waals surface area contributed by atoms with E-state index in [0.29, 0.717) is 18.4 Å². The van der Waals surface area contributed by atoms with Crippen LogP contribution >= 0.6 is 0 Å². The van der Waals surface area contributed by atoms with E-state index in [0.717, 1.165) is 0 Å². The van der Waals surface area contributed by atoms with E-state index < -0.39 is 58.7 Å². The number of ether oxygens (including phenoxy) is 2. The van der Waals surface area contributed by atoms with Crippen molar-refractivity contribution in [2.45, 2.75) is 90.8 Å². The lowest BCUT2D eigenvalue weighted by molar-refractivity contribution is -0.187. The van der Waals surface area contributed by atoms with E-state index in [4.69, 9.17) is 9.47 Å². The molecule has 7 atom stereocenters. The topological polar surface area (TPSA) is 130 Å². The van der Waals surface area contributed by atoms with Crippen molar-refractivity contribution in [2.24, 2.45) is 16.7 Å². The van der Waals surface area contributed by atoms with Gasteiger partial charge in [-0.1, -0.05) is 13.5 Å². The van der Waals surface area contributed by atoms with Crippen molar-refractivity contribution in [1.29, 1.82) is 0 Å². The first-order chi connectivity index (χ1) is 14.6. The fourth-order valence-electron chi connectivity index (χ4n) is 6.40. The van der Waals surface area contributed by atoms with Crippen molar-refractivity contribution in [3.05, 3.63) is 23.3 Å². The second kappa shape index (κ2) is 7.78. The molecule has 8 heteroatoms. The molecule has 0 aromatic carbocycles. The van der Waals surface area contributed by atoms with E-state index in [1.807, 2.05) is 0 Å². The number of rotatable bonds is 3. The van der Waals surface area contributed by atoms with Crippen molar-refractivity contribution < 1.29 is 39.2 Å². The van der Waals surface area contributed by atoms with Gasteiger partial charge in [0.1, 0.15) is 18.3 Å². The number of Topliss-reactive ketones (excluding diaryl/α,β-unsaturated/α-hetero) is 1. The number of aliphatic hydroxyl groups is 3. The van der Waals surface area contributed by atoms with Crippen LogP contribution < -0.4 is 0 Å². The third-order valence-corrected chi connectivity index (χ3v) is 7.94. The Morgan fingerprint density at radius 2 is 1.66 bits per heavy atom. The van der Waals surface area contributed by atoms with Crippen LogP contribution in [0.1, 0.15) is 60.8 Å². The number of aliphatic hydroxyl groups excluding tert-OH is 2. The number of hydrogen-bond acceptors (Lipinski definition) is 8. The van der Waals surface area contributed by atoms with Gasteiger partial charge in [-0.2, -0.15) is 0 Å². The van der Waals surface area contributed by atoms with Gasteiger partial charge in [-0.25, -0.2) is 0 Å². The summed E-state index contributed by atoms with van der Waals surface area (Å²) in [5, 5.41) is 33.8. The Morgan fingerprint density at radius 3 is 2.16 bits per heavy atom. The molecule has 3 N–H and O–H groups in total. The Hall–Kier alpha value is -2.03. The summed E-state index contributed by atoms with van der Waals surface area (Å²) >= 11 is 0. The van der Waals surface area contributed by atoms with Crippen molar-refractivity contribution >= 4 is 17.7 Å². The van der Waals surface area contributed by atoms with Crippen LogP contribution in [0, 0.1) is 16.7 Å². The Morgan fingerprint density at radius 1 is 1.12 bits per heavy atom. The normalized spacial score (nSPS) is 39.8. The zero-order valence-corrected chi connectivity index (χ0v) is 19.6. The molecule has 8 nitrogen and oxygen atoms in total. The number of carbonyl (C=O) groups excluding carboxylic acids is 3. The lowest BCUT2D eigenvalue weighted by Crippen LogP contribution is -2.59. The first-order valence-electron chi connectivity index (χ1n) is 11.0. The van der Waals surface area contributed by atoms with Crippen molar-refractivity contribution in [3.63, 3.8) is 0 Å². The third kappa shape index (κ3) is 3.35. The zero-order valence-electron chi connectivity index (χ0n) is 19.6. The Bertz CT molecular complexity index is 896. The smallest absolute Gasteiger partial charge is 0.303 e. The number of ketones is 1. The van der Waals surface area contributed by atoms with Gasteiger partial charge in [0.25, 0.3) is 0 Å². The molecule has 2 saturated carbocycles. The van der Waals surface area contributed by atoms with Gasteiger partial charge in [0.15, 0.2) is 5.78 Å². The van der Waals surface area contributed by atoms with Gasteiger partial charge in [0.05, 0.1) is 17.1 Å². The first kappa shape index (κ1) is 24.6. The van der Waals surface area contributed by atoms with Gasteiger partial charge in [0.2, 0.25) is 0 Å². The summed E-state index contributed by atoms with van der Waals surface area (Å²) in [5.74, 6) is -2.35. The molecule has 32 heavy (non-hydrogen) atoms. The van der Waals surface area contributed by atoms with Crippen LogP contribution in [0.2, 0.25) is 0 Å². The molecule has 0 aromatic heterocycles. The Kier molecular flexibility index (Phi) is 5.98. The molecular weight excluding hydrogens is 416 g/mol. The first-order valence-corrected chi connectivity index (χ1v) is 11.0. The summed E-state index contributed by atoms with van der Waals surface area (Å²) in [6.07, 6.45) is -4.11. The maximum absolute atomic E-state index is 13.0. The van der Waals surface area contributed by atoms with E-state index in [2.05, 4.69) is 6.58 Å². The summed E-state index contributed by atoms with van der Waals surface area (Å²) in [7, 11) is 0. The van der Waals surface area contributed by atoms with Crippen LogP contribution in [0.15, 0.2) is 23.3 Å². The predicted molar refractivity (Wildman–Crippen MR) is 114 cm³/mol. The molecule has 3 rings (SSSR count). The maximum Gasteiger partial charge on any atom is 0.303 e. The van der Waals surface area contributed by atoms with E-state index in [1.54, 1.807) is 13.8 Å². The highest BCUT2D eigenvalue weighted by molar-refractivity contribution is 6.00. The average molecular weight is 451 g/mol. The van der Waals surface area contributed by atoms with Crippen LogP contribution in [0.5, 0.6) is 0 Å². The minimum atomic E-state index is -1.62. The monoisotopic (exact) mass is 450 g/mol. The van der Waals surface area contributed by atoms with Crippen molar-refractivity contribution in [2.75, 3.05) is 0 Å². The lowest BCUT2D eigenvalue weighted by atomic mass is 9.55. The van der Waals surface area contributed by atoms with Crippen LogP contribution in [0.25, 0.3) is 0 Å². The van der Waals surface area contributed by atoms with Gasteiger partial charge >= 0.3 is 11.9 Å². The highest BCUT2D eigenvalue weighted by Gasteiger charge is 2.70. The van der Waals surface area contributed by atoms with Crippen LogP contribution in [-0.2, 0) is 23.9 Å². The summed E-state index contributed by atoms with van der Waals surface area (Å²) < 4.78 is 11.5. The second-order valence-electron chi connectivity index (χ2n) is 10.3. The highest BCUT2D eigenvalue weighted by atomic mass is 16.6. The summed E-state index contributed by atoms with van der Waals surface area (Å²) in [5.41, 5.74) is -3.28. The van der Waals surface area contributed by atoms with Gasteiger partial charge in [-0.3, -0.25) is 14.4 Å². The van der Waals surface area contributed by atoms with Gasteiger partial charge in [-0.05, 0) is 50.3 Å². The zero-order chi connectivity index (χ0) is 24.4. The fraction of sp³-hybridized carbons (Fsp3) is 0.708. The van der Waals surface area contributed by atoms with E-state index >= 15 is 0 Å². The molecule has 0 aromatic rings. The summed E-state index contributed by atoms with van der Waals surface area (Å²) in [4.78, 5) is 37.4. The molecule has 0 radical (unpaired) electrons. The van der Waals surface area contributed by atoms with Crippen LogP contribution in [0.4, 0.5) is 0 Å². The minimum Gasteiger partial charge on any atom is -0.461 e. The van der Waals surface area contributed by atoms with Crippen LogP contribution in [0.3, 0.4) is 0 Å². The number of hydrogen-bond donors (Lipinski definition) is 3. The lowest BCUT2D eigenvalue weighted by Gasteiger charge is -2.53. The molecule has 0 aliphatic heterocycles. The minimum absolute atomic E-state index is 0.199. The summed E-state index contributed by atoms with van der Waals surface area (Å²) in [6, 6.07) is 0. The number of esters is 2. The van der Waals surface area contributed by atoms with Gasteiger partial charge in [0, 0.05) is 31.6 Å². The van der Waals surface area contributed by atoms with Crippen LogP contribution in [-0.4, -0.2) is 63.1 Å². The molecule has 0 saturated heterocycles. The van der Waals surface area contributed by atoms with Crippen molar-refractivity contribution in [1.82, 2.24) is 0 Å². The molecule has 0 unspecified atom stereocenters. The third-order valence-electron chi connectivity index (χ3n) is 7.94. The Labute approximate surface area is 188 Å². The molecular formula is C24H34O8. The summed E-state index contributed by atoms with van der Waals surface area (Å²) in [6.45, 7) is 12.9. The number of carbonyl (C=O) groups is 3. The maximum atomic E-state index is 13.0. The largest absolute Gasteiger partial charge is 0.461 e. The molecule has 178 valence electrons. The highest BCUT2D eigenvalue weighted by Crippen LogP contribution is 2.64. The molecule has 2 fully saturated rings. The fourth-order valence-corrected chi connectivity index (χ4v) is 6.40. The Balaban J connectivity index is 2.44. The average Bonchev–Trinajstić information content (AvgIpc) is 2.90. The standard InChI is InChI=1S/C24H34O8/c1-11-15(27)8-9-23(7)18(11)20(31-13(3)25)24(22(5,6)30)10-16(28)12(2)17(24)19(29)21(23)32-14(4)26/h15,18-21,27,29-30H,1,8-10H2,2-7H3/t15-,18-,19+,20-,21+,23+,24-/m0/s1. The van der Waals surface area contributed by atoms with Crippen molar-refractivity contribution in [3.8, 4) is 0 Å². The number of allylic oxidation sites excluding steroid dienone is 1. The molecule has 0 amide bonds. The van der Waals surface area contributed by atoms with Gasteiger partial charge in [-0.15, -0.1) is 0 Å². The van der Waals surface area contributed by atoms with E-state index in [9.17, 15) is 29.7 Å².